The first-order valence-electron chi connectivity index (χ1n) is 8.37. The summed E-state index contributed by atoms with van der Waals surface area (Å²) < 4.78 is 36.8. The van der Waals surface area contributed by atoms with Crippen LogP contribution in [0.2, 0.25) is 0 Å². The molecule has 1 aromatic rings. The molecule has 1 unspecified atom stereocenters. The van der Waals surface area contributed by atoms with Crippen LogP contribution in [0.1, 0.15) is 45.2 Å². The molecule has 7 heteroatoms. The summed E-state index contributed by atoms with van der Waals surface area (Å²) in [7, 11) is -3.48. The molecule has 1 aromatic carbocycles. The van der Waals surface area contributed by atoms with E-state index in [2.05, 4.69) is 0 Å². The fraction of sp³-hybridized carbons (Fsp3) is 0.588. The normalized spacial score (nSPS) is 20.2. The van der Waals surface area contributed by atoms with E-state index >= 15 is 0 Å². The standard InChI is InChI=1S/C17H25FNO4P/c1-4-22-24(21,23-5-2)16-7-6-12-19(17(16)20)13(3)14-8-10-15(18)11-9-14/h8-11,13,16H,4-7,12H2,1-3H3/t13-,16?/m0/s1. The maximum absolute atomic E-state index is 13.1. The number of hydrogen-bond acceptors (Lipinski definition) is 4. The number of hydrogen-bond donors (Lipinski definition) is 0. The van der Waals surface area contributed by atoms with E-state index in [1.54, 1.807) is 30.9 Å². The molecular formula is C17H25FNO4P. The van der Waals surface area contributed by atoms with Gasteiger partial charge in [0.25, 0.3) is 0 Å². The Bertz CT molecular complexity index is 597. The Kier molecular flexibility index (Phi) is 6.55. The van der Waals surface area contributed by atoms with Gasteiger partial charge in [-0.25, -0.2) is 4.39 Å². The van der Waals surface area contributed by atoms with Gasteiger partial charge in [-0.15, -0.1) is 0 Å². The lowest BCUT2D eigenvalue weighted by molar-refractivity contribution is -0.135. The van der Waals surface area contributed by atoms with Crippen LogP contribution in [0.25, 0.3) is 0 Å². The first-order valence-corrected chi connectivity index (χ1v) is 9.98. The summed E-state index contributed by atoms with van der Waals surface area (Å²) in [5.41, 5.74) is 0.0714. The Labute approximate surface area is 142 Å². The largest absolute Gasteiger partial charge is 0.343 e. The molecule has 1 saturated heterocycles. The highest BCUT2D eigenvalue weighted by Crippen LogP contribution is 2.56. The number of benzene rings is 1. The van der Waals surface area contributed by atoms with Gasteiger partial charge in [0.05, 0.1) is 19.3 Å². The van der Waals surface area contributed by atoms with Crippen LogP contribution in [0.15, 0.2) is 24.3 Å². The van der Waals surface area contributed by atoms with Gasteiger partial charge >= 0.3 is 7.60 Å². The zero-order chi connectivity index (χ0) is 17.7. The fourth-order valence-corrected chi connectivity index (χ4v) is 5.13. The number of nitrogens with zero attached hydrogens (tertiary/aromatic N) is 1. The minimum absolute atomic E-state index is 0.219. The minimum atomic E-state index is -3.48. The molecule has 0 saturated carbocycles. The van der Waals surface area contributed by atoms with Crippen molar-refractivity contribution in [2.24, 2.45) is 0 Å². The van der Waals surface area contributed by atoms with E-state index in [9.17, 15) is 13.8 Å². The molecule has 2 rings (SSSR count). The summed E-state index contributed by atoms with van der Waals surface area (Å²) in [6.45, 7) is 6.39. The molecule has 1 amide bonds. The molecule has 0 aliphatic carbocycles. The van der Waals surface area contributed by atoms with E-state index in [1.165, 1.54) is 12.1 Å². The van der Waals surface area contributed by atoms with Gasteiger partial charge < -0.3 is 13.9 Å². The first kappa shape index (κ1) is 19.1. The molecular weight excluding hydrogens is 332 g/mol. The molecule has 1 aliphatic rings. The van der Waals surface area contributed by atoms with Crippen LogP contribution in [-0.4, -0.2) is 36.2 Å². The Hall–Kier alpha value is -1.23. The lowest BCUT2D eigenvalue weighted by atomic mass is 10.0. The summed E-state index contributed by atoms with van der Waals surface area (Å²) in [5.74, 6) is -0.533. The Morgan fingerprint density at radius 1 is 1.25 bits per heavy atom. The second-order valence-corrected chi connectivity index (χ2v) is 8.01. The average molecular weight is 357 g/mol. The summed E-state index contributed by atoms with van der Waals surface area (Å²) in [6.07, 6.45) is 1.22. The molecule has 5 nitrogen and oxygen atoms in total. The molecule has 1 heterocycles. The Morgan fingerprint density at radius 3 is 2.38 bits per heavy atom. The third kappa shape index (κ3) is 4.05. The number of amides is 1. The van der Waals surface area contributed by atoms with Gasteiger partial charge in [-0.05, 0) is 51.3 Å². The van der Waals surface area contributed by atoms with E-state index in [0.29, 0.717) is 13.0 Å². The number of rotatable bonds is 7. The number of carbonyl (C=O) groups is 1. The highest BCUT2D eigenvalue weighted by atomic mass is 31.2. The summed E-state index contributed by atoms with van der Waals surface area (Å²) in [6, 6.07) is 5.87. The molecule has 24 heavy (non-hydrogen) atoms. The molecule has 0 aromatic heterocycles. The maximum Gasteiger partial charge on any atom is 0.343 e. The monoisotopic (exact) mass is 357 g/mol. The van der Waals surface area contributed by atoms with E-state index in [-0.39, 0.29) is 31.0 Å². The number of carbonyl (C=O) groups excluding carboxylic acids is 1. The first-order chi connectivity index (χ1) is 11.4. The predicted molar refractivity (Wildman–Crippen MR) is 90.4 cm³/mol. The van der Waals surface area contributed by atoms with Crippen molar-refractivity contribution in [3.05, 3.63) is 35.6 Å². The molecule has 0 bridgehead atoms. The number of piperidine rings is 1. The maximum atomic E-state index is 13.1. The molecule has 134 valence electrons. The lowest BCUT2D eigenvalue weighted by Crippen LogP contribution is -2.45. The van der Waals surface area contributed by atoms with Gasteiger partial charge in [0.1, 0.15) is 11.5 Å². The van der Waals surface area contributed by atoms with Gasteiger partial charge in [-0.2, -0.15) is 0 Å². The lowest BCUT2D eigenvalue weighted by Gasteiger charge is -2.38. The van der Waals surface area contributed by atoms with Crippen LogP contribution in [0.4, 0.5) is 4.39 Å². The van der Waals surface area contributed by atoms with Crippen molar-refractivity contribution in [2.45, 2.75) is 45.3 Å². The van der Waals surface area contributed by atoms with Crippen LogP contribution in [0.3, 0.4) is 0 Å². The van der Waals surface area contributed by atoms with E-state index in [1.807, 2.05) is 6.92 Å². The van der Waals surface area contributed by atoms with Crippen LogP contribution in [0.5, 0.6) is 0 Å². The summed E-state index contributed by atoms with van der Waals surface area (Å²) in [5, 5.41) is 0. The third-order valence-electron chi connectivity index (χ3n) is 4.26. The van der Waals surface area contributed by atoms with Gasteiger partial charge in [-0.3, -0.25) is 9.36 Å². The van der Waals surface area contributed by atoms with Gasteiger partial charge in [0.2, 0.25) is 5.91 Å². The Morgan fingerprint density at radius 2 is 1.83 bits per heavy atom. The van der Waals surface area contributed by atoms with E-state index in [0.717, 1.165) is 12.0 Å². The second kappa shape index (κ2) is 8.24. The minimum Gasteiger partial charge on any atom is -0.335 e. The second-order valence-electron chi connectivity index (χ2n) is 5.79. The van der Waals surface area contributed by atoms with Gasteiger partial charge in [0, 0.05) is 6.54 Å². The van der Waals surface area contributed by atoms with Crippen molar-refractivity contribution in [3.63, 3.8) is 0 Å². The third-order valence-corrected chi connectivity index (χ3v) is 6.74. The average Bonchev–Trinajstić information content (AvgIpc) is 2.55. The van der Waals surface area contributed by atoms with E-state index < -0.39 is 13.3 Å². The quantitative estimate of drug-likeness (QED) is 0.688. The fourth-order valence-electron chi connectivity index (χ4n) is 3.06. The summed E-state index contributed by atoms with van der Waals surface area (Å²) in [4.78, 5) is 14.6. The highest BCUT2D eigenvalue weighted by Gasteiger charge is 2.45. The molecule has 0 N–H and O–H groups in total. The van der Waals surface area contributed by atoms with Crippen molar-refractivity contribution < 1.29 is 22.8 Å². The van der Waals surface area contributed by atoms with Crippen molar-refractivity contribution in [3.8, 4) is 0 Å². The number of likely N-dealkylation sites (tertiary alicyclic amines) is 1. The van der Waals surface area contributed by atoms with Gasteiger partial charge in [0.15, 0.2) is 0 Å². The smallest absolute Gasteiger partial charge is 0.335 e. The predicted octanol–water partition coefficient (Wildman–Crippen LogP) is 4.14. The van der Waals surface area contributed by atoms with Crippen LogP contribution in [-0.2, 0) is 18.4 Å². The zero-order valence-corrected chi connectivity index (χ0v) is 15.3. The van der Waals surface area contributed by atoms with Crippen molar-refractivity contribution in [1.82, 2.24) is 4.90 Å². The van der Waals surface area contributed by atoms with Crippen LogP contribution in [0, 0.1) is 5.82 Å². The molecule has 0 spiro atoms. The molecule has 1 fully saturated rings. The van der Waals surface area contributed by atoms with Gasteiger partial charge in [-0.1, -0.05) is 12.1 Å². The SMILES string of the molecule is CCOP(=O)(OCC)C1CCCN([C@@H](C)c2ccc(F)cc2)C1=O. The zero-order valence-electron chi connectivity index (χ0n) is 14.4. The molecule has 0 radical (unpaired) electrons. The molecule has 1 aliphatic heterocycles. The van der Waals surface area contributed by atoms with Crippen molar-refractivity contribution >= 4 is 13.5 Å². The van der Waals surface area contributed by atoms with Crippen molar-refractivity contribution in [1.29, 1.82) is 0 Å². The van der Waals surface area contributed by atoms with Crippen molar-refractivity contribution in [2.75, 3.05) is 19.8 Å². The topological polar surface area (TPSA) is 55.8 Å². The molecule has 2 atom stereocenters. The highest BCUT2D eigenvalue weighted by molar-refractivity contribution is 7.55. The van der Waals surface area contributed by atoms with E-state index in [4.69, 9.17) is 9.05 Å². The van der Waals surface area contributed by atoms with Crippen LogP contribution < -0.4 is 0 Å². The summed E-state index contributed by atoms with van der Waals surface area (Å²) >= 11 is 0. The number of halogens is 1. The Balaban J connectivity index is 2.22. The van der Waals surface area contributed by atoms with Crippen LogP contribution >= 0.6 is 7.60 Å².